The molecule has 2 saturated heterocycles. The molecule has 2 aliphatic heterocycles. The lowest BCUT2D eigenvalue weighted by molar-refractivity contribution is -0.135. The average Bonchev–Trinajstić information content (AvgIpc) is 2.93. The van der Waals surface area contributed by atoms with Crippen LogP contribution in [0.4, 0.5) is 0 Å². The summed E-state index contributed by atoms with van der Waals surface area (Å²) in [5.74, 6) is 0.704. The van der Waals surface area contributed by atoms with E-state index in [1.54, 1.807) is 19.0 Å². The average molecular weight is 284 g/mol. The number of likely N-dealkylation sites (N-methyl/N-ethyl adjacent to an activating group) is 1. The largest absolute Gasteiger partial charge is 0.371 e. The normalized spacial score (nSPS) is 30.6. The molecule has 116 valence electrons. The second-order valence-electron chi connectivity index (χ2n) is 6.80. The van der Waals surface area contributed by atoms with Gasteiger partial charge in [0.2, 0.25) is 5.91 Å². The Morgan fingerprint density at radius 1 is 1.50 bits per heavy atom. The topological polar surface area (TPSA) is 42.0 Å². The smallest absolute Gasteiger partial charge is 0.248 e. The predicted octanol–water partition coefficient (Wildman–Crippen LogP) is 0.981. The van der Waals surface area contributed by atoms with Gasteiger partial charge in [-0.1, -0.05) is 13.8 Å². The van der Waals surface area contributed by atoms with Gasteiger partial charge < -0.3 is 19.3 Å². The van der Waals surface area contributed by atoms with Crippen molar-refractivity contribution < 1.29 is 14.3 Å². The summed E-state index contributed by atoms with van der Waals surface area (Å²) < 4.78 is 11.7. The van der Waals surface area contributed by atoms with E-state index in [4.69, 9.17) is 9.47 Å². The van der Waals surface area contributed by atoms with Crippen molar-refractivity contribution in [1.82, 2.24) is 9.80 Å². The number of carbonyl (C=O) groups excluding carboxylic acids is 1. The Morgan fingerprint density at radius 3 is 2.90 bits per heavy atom. The van der Waals surface area contributed by atoms with E-state index >= 15 is 0 Å². The predicted molar refractivity (Wildman–Crippen MR) is 77.6 cm³/mol. The van der Waals surface area contributed by atoms with Crippen LogP contribution in [0.1, 0.15) is 26.7 Å². The van der Waals surface area contributed by atoms with E-state index in [0.29, 0.717) is 12.5 Å². The molecule has 2 heterocycles. The van der Waals surface area contributed by atoms with Crippen LogP contribution in [0.2, 0.25) is 0 Å². The molecule has 0 bridgehead atoms. The molecule has 0 aromatic heterocycles. The molecule has 0 N–H and O–H groups in total. The lowest BCUT2D eigenvalue weighted by Gasteiger charge is -2.24. The number of ether oxygens (including phenoxy) is 2. The van der Waals surface area contributed by atoms with E-state index in [0.717, 1.165) is 32.5 Å². The Bertz CT molecular complexity index is 346. The fraction of sp³-hybridized carbons (Fsp3) is 0.933. The molecule has 1 amide bonds. The molecule has 0 saturated carbocycles. The van der Waals surface area contributed by atoms with Crippen molar-refractivity contribution in [2.24, 2.45) is 5.92 Å². The highest BCUT2D eigenvalue weighted by atomic mass is 16.6. The maximum Gasteiger partial charge on any atom is 0.248 e. The second kappa shape index (κ2) is 6.41. The van der Waals surface area contributed by atoms with Crippen LogP contribution >= 0.6 is 0 Å². The highest BCUT2D eigenvalue weighted by Gasteiger charge is 2.45. The third kappa shape index (κ3) is 3.93. The van der Waals surface area contributed by atoms with Gasteiger partial charge in [0, 0.05) is 40.2 Å². The van der Waals surface area contributed by atoms with Crippen molar-refractivity contribution in [3.05, 3.63) is 0 Å². The highest BCUT2D eigenvalue weighted by molar-refractivity contribution is 5.76. The van der Waals surface area contributed by atoms with Crippen molar-refractivity contribution >= 4 is 5.91 Å². The number of rotatable bonds is 5. The summed E-state index contributed by atoms with van der Waals surface area (Å²) in [6, 6.07) is 0. The lowest BCUT2D eigenvalue weighted by Crippen LogP contribution is -2.34. The molecule has 2 unspecified atom stereocenters. The van der Waals surface area contributed by atoms with Crippen LogP contribution in [-0.4, -0.2) is 74.4 Å². The molecule has 5 nitrogen and oxygen atoms in total. The molecule has 2 aliphatic rings. The minimum atomic E-state index is -0.0271. The molecular formula is C15H28N2O3. The standard InChI is InChI=1S/C15H28N2O3/c1-12(2)8-17-6-5-15(11-17)7-13(9-20-15)19-10-14(18)16(3)4/h12-13H,5-11H2,1-4H3. The van der Waals surface area contributed by atoms with Crippen molar-refractivity contribution in [1.29, 1.82) is 0 Å². The van der Waals surface area contributed by atoms with Gasteiger partial charge in [0.1, 0.15) is 6.61 Å². The fourth-order valence-corrected chi connectivity index (χ4v) is 3.11. The minimum absolute atomic E-state index is 0.0128. The van der Waals surface area contributed by atoms with Crippen LogP contribution in [0, 0.1) is 5.92 Å². The summed E-state index contributed by atoms with van der Waals surface area (Å²) in [4.78, 5) is 15.6. The molecular weight excluding hydrogens is 256 g/mol. The Labute approximate surface area is 122 Å². The Morgan fingerprint density at radius 2 is 2.25 bits per heavy atom. The molecule has 2 rings (SSSR count). The van der Waals surface area contributed by atoms with Gasteiger partial charge in [0.05, 0.1) is 18.3 Å². The lowest BCUT2D eigenvalue weighted by atomic mass is 9.98. The van der Waals surface area contributed by atoms with Gasteiger partial charge in [-0.05, 0) is 12.3 Å². The monoisotopic (exact) mass is 284 g/mol. The summed E-state index contributed by atoms with van der Waals surface area (Å²) in [5.41, 5.74) is -0.0271. The first-order valence-corrected chi connectivity index (χ1v) is 7.58. The van der Waals surface area contributed by atoms with Gasteiger partial charge in [0.15, 0.2) is 0 Å². The zero-order valence-electron chi connectivity index (χ0n) is 13.2. The van der Waals surface area contributed by atoms with Gasteiger partial charge in [0.25, 0.3) is 0 Å². The van der Waals surface area contributed by atoms with Crippen molar-refractivity contribution in [2.75, 3.05) is 46.9 Å². The molecule has 20 heavy (non-hydrogen) atoms. The van der Waals surface area contributed by atoms with E-state index in [2.05, 4.69) is 18.7 Å². The summed E-state index contributed by atoms with van der Waals surface area (Å²) in [6.07, 6.45) is 2.07. The Kier molecular flexibility index (Phi) is 5.04. The number of carbonyl (C=O) groups is 1. The number of nitrogens with zero attached hydrogens (tertiary/aromatic N) is 2. The van der Waals surface area contributed by atoms with Gasteiger partial charge in [-0.3, -0.25) is 4.79 Å². The van der Waals surface area contributed by atoms with E-state index in [1.165, 1.54) is 0 Å². The molecule has 0 radical (unpaired) electrons. The zero-order chi connectivity index (χ0) is 14.8. The first-order valence-electron chi connectivity index (χ1n) is 7.58. The van der Waals surface area contributed by atoms with Crippen LogP contribution in [0.15, 0.2) is 0 Å². The molecule has 2 fully saturated rings. The highest BCUT2D eigenvalue weighted by Crippen LogP contribution is 2.36. The van der Waals surface area contributed by atoms with Gasteiger partial charge in [-0.25, -0.2) is 0 Å². The third-order valence-electron chi connectivity index (χ3n) is 4.14. The van der Waals surface area contributed by atoms with Crippen LogP contribution in [0.25, 0.3) is 0 Å². The van der Waals surface area contributed by atoms with Gasteiger partial charge in [-0.15, -0.1) is 0 Å². The van der Waals surface area contributed by atoms with Crippen molar-refractivity contribution in [3.63, 3.8) is 0 Å². The van der Waals surface area contributed by atoms with Crippen LogP contribution in [0.5, 0.6) is 0 Å². The quantitative estimate of drug-likeness (QED) is 0.755. The third-order valence-corrected chi connectivity index (χ3v) is 4.14. The molecule has 0 aromatic rings. The SMILES string of the molecule is CC(C)CN1CCC2(CC(OCC(=O)N(C)C)CO2)C1. The Balaban J connectivity index is 1.76. The molecule has 0 aliphatic carbocycles. The van der Waals surface area contributed by atoms with E-state index < -0.39 is 0 Å². The van der Waals surface area contributed by atoms with Gasteiger partial charge >= 0.3 is 0 Å². The summed E-state index contributed by atoms with van der Waals surface area (Å²) in [5, 5.41) is 0. The van der Waals surface area contributed by atoms with Crippen LogP contribution in [0.3, 0.4) is 0 Å². The Hall–Kier alpha value is -0.650. The summed E-state index contributed by atoms with van der Waals surface area (Å²) in [6.45, 7) is 8.53. The first kappa shape index (κ1) is 15.7. The van der Waals surface area contributed by atoms with Gasteiger partial charge in [-0.2, -0.15) is 0 Å². The number of hydrogen-bond acceptors (Lipinski definition) is 4. The number of likely N-dealkylation sites (tertiary alicyclic amines) is 1. The van der Waals surface area contributed by atoms with Crippen LogP contribution < -0.4 is 0 Å². The maximum atomic E-state index is 11.5. The zero-order valence-corrected chi connectivity index (χ0v) is 13.2. The van der Waals surface area contributed by atoms with E-state index in [9.17, 15) is 4.79 Å². The molecule has 2 atom stereocenters. The van der Waals surface area contributed by atoms with Crippen molar-refractivity contribution in [2.45, 2.75) is 38.4 Å². The van der Waals surface area contributed by atoms with E-state index in [1.807, 2.05) is 0 Å². The molecule has 5 heteroatoms. The minimum Gasteiger partial charge on any atom is -0.371 e. The maximum absolute atomic E-state index is 11.5. The molecule has 1 spiro atoms. The number of hydrogen-bond donors (Lipinski definition) is 0. The van der Waals surface area contributed by atoms with E-state index in [-0.39, 0.29) is 24.2 Å². The van der Waals surface area contributed by atoms with Crippen molar-refractivity contribution in [3.8, 4) is 0 Å². The molecule has 0 aromatic carbocycles. The summed E-state index contributed by atoms with van der Waals surface area (Å²) in [7, 11) is 3.50. The number of amides is 1. The summed E-state index contributed by atoms with van der Waals surface area (Å²) >= 11 is 0. The van der Waals surface area contributed by atoms with Crippen LogP contribution in [-0.2, 0) is 14.3 Å². The first-order chi connectivity index (χ1) is 9.40. The fourth-order valence-electron chi connectivity index (χ4n) is 3.11. The second-order valence-corrected chi connectivity index (χ2v) is 6.80.